The average molecular weight is 275 g/mol. The SMILES string of the molecule is CCC(CO)(CO)Nc1nc2ccccc2cc1CN. The Morgan fingerprint density at radius 1 is 1.25 bits per heavy atom. The van der Waals surface area contributed by atoms with E-state index in [0.29, 0.717) is 18.8 Å². The van der Waals surface area contributed by atoms with Crippen LogP contribution in [0.15, 0.2) is 30.3 Å². The Labute approximate surface area is 118 Å². The van der Waals surface area contributed by atoms with Crippen LogP contribution in [0.5, 0.6) is 0 Å². The molecule has 5 nitrogen and oxygen atoms in total. The molecule has 0 radical (unpaired) electrons. The van der Waals surface area contributed by atoms with Gasteiger partial charge in [-0.15, -0.1) is 0 Å². The van der Waals surface area contributed by atoms with E-state index in [-0.39, 0.29) is 13.2 Å². The third-order valence-electron chi connectivity index (χ3n) is 3.69. The normalized spacial score (nSPS) is 11.8. The molecular weight excluding hydrogens is 254 g/mol. The van der Waals surface area contributed by atoms with Gasteiger partial charge in [0, 0.05) is 17.5 Å². The van der Waals surface area contributed by atoms with E-state index in [9.17, 15) is 10.2 Å². The first kappa shape index (κ1) is 14.7. The number of nitrogens with two attached hydrogens (primary N) is 1. The van der Waals surface area contributed by atoms with Crippen molar-refractivity contribution in [1.82, 2.24) is 4.98 Å². The number of rotatable bonds is 6. The largest absolute Gasteiger partial charge is 0.394 e. The van der Waals surface area contributed by atoms with E-state index in [1.165, 1.54) is 0 Å². The summed E-state index contributed by atoms with van der Waals surface area (Å²) in [6.07, 6.45) is 0.582. The highest BCUT2D eigenvalue weighted by Crippen LogP contribution is 2.24. The number of hydrogen-bond acceptors (Lipinski definition) is 5. The van der Waals surface area contributed by atoms with Crippen LogP contribution in [-0.2, 0) is 6.54 Å². The lowest BCUT2D eigenvalue weighted by molar-refractivity contribution is 0.132. The molecule has 1 aromatic heterocycles. The second-order valence-electron chi connectivity index (χ2n) is 4.97. The van der Waals surface area contributed by atoms with Crippen LogP contribution in [0.25, 0.3) is 10.9 Å². The van der Waals surface area contributed by atoms with Crippen LogP contribution in [0.2, 0.25) is 0 Å². The second kappa shape index (κ2) is 6.17. The molecule has 5 heteroatoms. The summed E-state index contributed by atoms with van der Waals surface area (Å²) in [6.45, 7) is 1.91. The predicted molar refractivity (Wildman–Crippen MR) is 80.5 cm³/mol. The van der Waals surface area contributed by atoms with Crippen molar-refractivity contribution in [3.63, 3.8) is 0 Å². The fourth-order valence-electron chi connectivity index (χ4n) is 2.12. The Kier molecular flexibility index (Phi) is 4.54. The predicted octanol–water partition coefficient (Wildman–Crippen LogP) is 1.24. The minimum absolute atomic E-state index is 0.168. The Hall–Kier alpha value is -1.69. The van der Waals surface area contributed by atoms with Crippen LogP contribution < -0.4 is 11.1 Å². The highest BCUT2D eigenvalue weighted by molar-refractivity contribution is 5.81. The lowest BCUT2D eigenvalue weighted by Crippen LogP contribution is -2.45. The van der Waals surface area contributed by atoms with Gasteiger partial charge in [-0.05, 0) is 18.6 Å². The number of fused-ring (bicyclic) bond motifs is 1. The lowest BCUT2D eigenvalue weighted by Gasteiger charge is -2.31. The van der Waals surface area contributed by atoms with Crippen molar-refractivity contribution in [1.29, 1.82) is 0 Å². The van der Waals surface area contributed by atoms with E-state index in [0.717, 1.165) is 16.5 Å². The van der Waals surface area contributed by atoms with Crippen LogP contribution in [0.4, 0.5) is 5.82 Å². The van der Waals surface area contributed by atoms with E-state index in [1.807, 2.05) is 37.3 Å². The third-order valence-corrected chi connectivity index (χ3v) is 3.69. The number of aliphatic hydroxyl groups excluding tert-OH is 2. The van der Waals surface area contributed by atoms with Gasteiger partial charge in [-0.1, -0.05) is 25.1 Å². The molecule has 2 rings (SSSR count). The summed E-state index contributed by atoms with van der Waals surface area (Å²) in [5, 5.41) is 23.3. The van der Waals surface area contributed by atoms with Crippen LogP contribution in [0.1, 0.15) is 18.9 Å². The van der Waals surface area contributed by atoms with Crippen LogP contribution in [-0.4, -0.2) is 33.9 Å². The van der Waals surface area contributed by atoms with Crippen LogP contribution >= 0.6 is 0 Å². The van der Waals surface area contributed by atoms with Crippen molar-refractivity contribution in [2.24, 2.45) is 5.73 Å². The molecule has 0 spiro atoms. The number of anilines is 1. The molecule has 5 N–H and O–H groups in total. The number of hydrogen-bond donors (Lipinski definition) is 4. The standard InChI is InChI=1S/C15H21N3O2/c1-2-15(9-19,10-20)18-14-12(8-16)7-11-5-3-4-6-13(11)17-14/h3-7,19-20H,2,8-10,16H2,1H3,(H,17,18). The topological polar surface area (TPSA) is 91.4 Å². The third kappa shape index (κ3) is 2.75. The number of aromatic nitrogens is 1. The summed E-state index contributed by atoms with van der Waals surface area (Å²) in [5.74, 6) is 0.621. The van der Waals surface area contributed by atoms with Gasteiger partial charge in [0.05, 0.1) is 24.3 Å². The monoisotopic (exact) mass is 275 g/mol. The summed E-state index contributed by atoms with van der Waals surface area (Å²) in [5.41, 5.74) is 6.72. The van der Waals surface area contributed by atoms with Crippen LogP contribution in [0, 0.1) is 0 Å². The molecular formula is C15H21N3O2. The molecule has 108 valence electrons. The molecule has 1 heterocycles. The Bertz CT molecular complexity index is 574. The van der Waals surface area contributed by atoms with Crippen molar-refractivity contribution in [3.05, 3.63) is 35.9 Å². The molecule has 0 amide bonds. The van der Waals surface area contributed by atoms with Crippen molar-refractivity contribution >= 4 is 16.7 Å². The fraction of sp³-hybridized carbons (Fsp3) is 0.400. The minimum atomic E-state index is -0.778. The first-order valence-corrected chi connectivity index (χ1v) is 6.76. The number of nitrogens with one attached hydrogen (secondary N) is 1. The zero-order valence-electron chi connectivity index (χ0n) is 11.6. The summed E-state index contributed by atoms with van der Waals surface area (Å²) >= 11 is 0. The molecule has 20 heavy (non-hydrogen) atoms. The van der Waals surface area contributed by atoms with Gasteiger partial charge >= 0.3 is 0 Å². The molecule has 0 bridgehead atoms. The fourth-order valence-corrected chi connectivity index (χ4v) is 2.12. The van der Waals surface area contributed by atoms with E-state index in [1.54, 1.807) is 0 Å². The highest BCUT2D eigenvalue weighted by atomic mass is 16.3. The number of nitrogens with zero attached hydrogens (tertiary/aromatic N) is 1. The zero-order chi connectivity index (χ0) is 14.6. The smallest absolute Gasteiger partial charge is 0.131 e. The maximum atomic E-state index is 9.53. The average Bonchev–Trinajstić information content (AvgIpc) is 2.52. The number of benzene rings is 1. The van der Waals surface area contributed by atoms with E-state index >= 15 is 0 Å². The maximum Gasteiger partial charge on any atom is 0.131 e. The first-order chi connectivity index (χ1) is 9.68. The quantitative estimate of drug-likeness (QED) is 0.636. The molecule has 2 aromatic rings. The summed E-state index contributed by atoms with van der Waals surface area (Å²) < 4.78 is 0. The van der Waals surface area contributed by atoms with Gasteiger partial charge < -0.3 is 21.3 Å². The van der Waals surface area contributed by atoms with Gasteiger partial charge in [-0.25, -0.2) is 4.98 Å². The molecule has 0 fully saturated rings. The zero-order valence-corrected chi connectivity index (χ0v) is 11.6. The molecule has 0 aliphatic carbocycles. The van der Waals surface area contributed by atoms with Crippen molar-refractivity contribution in [2.45, 2.75) is 25.4 Å². The molecule has 0 saturated carbocycles. The minimum Gasteiger partial charge on any atom is -0.394 e. The summed E-state index contributed by atoms with van der Waals surface area (Å²) in [4.78, 5) is 4.56. The lowest BCUT2D eigenvalue weighted by atomic mass is 9.98. The molecule has 0 atom stereocenters. The summed E-state index contributed by atoms with van der Waals surface area (Å²) in [6, 6.07) is 9.77. The van der Waals surface area contributed by atoms with E-state index < -0.39 is 5.54 Å². The Balaban J connectivity index is 2.47. The Morgan fingerprint density at radius 3 is 2.55 bits per heavy atom. The van der Waals surface area contributed by atoms with Crippen molar-refractivity contribution in [2.75, 3.05) is 18.5 Å². The molecule has 0 aliphatic heterocycles. The molecule has 0 aliphatic rings. The number of pyridine rings is 1. The van der Waals surface area contributed by atoms with Crippen molar-refractivity contribution in [3.8, 4) is 0 Å². The van der Waals surface area contributed by atoms with E-state index in [2.05, 4.69) is 10.3 Å². The van der Waals surface area contributed by atoms with Gasteiger partial charge in [0.2, 0.25) is 0 Å². The van der Waals surface area contributed by atoms with Gasteiger partial charge in [0.15, 0.2) is 0 Å². The van der Waals surface area contributed by atoms with Gasteiger partial charge in [-0.3, -0.25) is 0 Å². The van der Waals surface area contributed by atoms with Gasteiger partial charge in [0.25, 0.3) is 0 Å². The van der Waals surface area contributed by atoms with E-state index in [4.69, 9.17) is 5.73 Å². The first-order valence-electron chi connectivity index (χ1n) is 6.76. The summed E-state index contributed by atoms with van der Waals surface area (Å²) in [7, 11) is 0. The van der Waals surface area contributed by atoms with Crippen LogP contribution in [0.3, 0.4) is 0 Å². The van der Waals surface area contributed by atoms with Gasteiger partial charge in [-0.2, -0.15) is 0 Å². The molecule has 1 aromatic carbocycles. The number of para-hydroxylation sites is 1. The number of aliphatic hydroxyl groups is 2. The van der Waals surface area contributed by atoms with Gasteiger partial charge in [0.1, 0.15) is 5.82 Å². The maximum absolute atomic E-state index is 9.53. The molecule has 0 unspecified atom stereocenters. The Morgan fingerprint density at radius 2 is 1.95 bits per heavy atom. The molecule has 0 saturated heterocycles. The highest BCUT2D eigenvalue weighted by Gasteiger charge is 2.27. The van der Waals surface area contributed by atoms with Crippen molar-refractivity contribution < 1.29 is 10.2 Å². The second-order valence-corrected chi connectivity index (χ2v) is 4.97.